The molecule has 1 rings (SSSR count). The van der Waals surface area contributed by atoms with Crippen molar-refractivity contribution in [1.82, 2.24) is 4.90 Å². The van der Waals surface area contributed by atoms with Crippen molar-refractivity contribution in [3.63, 3.8) is 0 Å². The lowest BCUT2D eigenvalue weighted by molar-refractivity contribution is -0.132. The molecule has 0 aliphatic rings. The lowest BCUT2D eigenvalue weighted by atomic mass is 10.1. The van der Waals surface area contributed by atoms with Crippen LogP contribution in [0.4, 0.5) is 0 Å². The Bertz CT molecular complexity index is 601. The van der Waals surface area contributed by atoms with Gasteiger partial charge in [-0.05, 0) is 25.2 Å². The van der Waals surface area contributed by atoms with Crippen LogP contribution in [0.25, 0.3) is 6.08 Å². The average Bonchev–Trinajstić information content (AvgIpc) is 2.56. The Balaban J connectivity index is 3.04. The first-order valence-corrected chi connectivity index (χ1v) is 7.44. The van der Waals surface area contributed by atoms with Crippen molar-refractivity contribution in [2.75, 3.05) is 33.4 Å². The second-order valence-electron chi connectivity index (χ2n) is 4.73. The summed E-state index contributed by atoms with van der Waals surface area (Å²) < 4.78 is 11.1. The predicted octanol–water partition coefficient (Wildman–Crippen LogP) is 2.41. The number of carboxylic acid groups (broad SMARTS) is 1. The van der Waals surface area contributed by atoms with E-state index in [9.17, 15) is 4.79 Å². The third-order valence-corrected chi connectivity index (χ3v) is 3.43. The molecule has 0 spiro atoms. The molecule has 0 saturated heterocycles. The van der Waals surface area contributed by atoms with Crippen LogP contribution in [0.15, 0.2) is 23.8 Å². The number of ether oxygens (including phenoxy) is 2. The van der Waals surface area contributed by atoms with Crippen LogP contribution in [0.3, 0.4) is 0 Å². The van der Waals surface area contributed by atoms with E-state index in [1.807, 2.05) is 0 Å². The Kier molecular flexibility index (Phi) is 7.64. The maximum Gasteiger partial charge on any atom is 0.346 e. The SMILES string of the molecule is CCN(CC)CCOc1c(C=C(C#N)C(=O)O)cccc1OC. The molecule has 0 aliphatic heterocycles. The van der Waals surface area contributed by atoms with E-state index in [0.717, 1.165) is 19.6 Å². The molecule has 0 aliphatic carbocycles. The summed E-state index contributed by atoms with van der Waals surface area (Å²) in [7, 11) is 1.52. The lowest BCUT2D eigenvalue weighted by Gasteiger charge is -2.19. The van der Waals surface area contributed by atoms with Gasteiger partial charge in [-0.1, -0.05) is 26.0 Å². The van der Waals surface area contributed by atoms with Crippen molar-refractivity contribution in [3.05, 3.63) is 29.3 Å². The normalized spacial score (nSPS) is 11.2. The van der Waals surface area contributed by atoms with Gasteiger partial charge in [0.15, 0.2) is 11.5 Å². The first-order valence-electron chi connectivity index (χ1n) is 7.44. The largest absolute Gasteiger partial charge is 0.493 e. The Morgan fingerprint density at radius 3 is 2.61 bits per heavy atom. The van der Waals surface area contributed by atoms with Crippen LogP contribution >= 0.6 is 0 Å². The molecular formula is C17H22N2O4. The number of aliphatic carboxylic acids is 1. The third kappa shape index (κ3) is 5.31. The highest BCUT2D eigenvalue weighted by Gasteiger charge is 2.13. The van der Waals surface area contributed by atoms with Gasteiger partial charge in [0.25, 0.3) is 0 Å². The molecule has 6 nitrogen and oxygen atoms in total. The van der Waals surface area contributed by atoms with Crippen molar-refractivity contribution >= 4 is 12.0 Å². The number of carbonyl (C=O) groups is 1. The summed E-state index contributed by atoms with van der Waals surface area (Å²) in [6.45, 7) is 7.20. The van der Waals surface area contributed by atoms with Gasteiger partial charge in [0.05, 0.1) is 7.11 Å². The summed E-state index contributed by atoms with van der Waals surface area (Å²) in [5, 5.41) is 17.9. The highest BCUT2D eigenvalue weighted by atomic mass is 16.5. The summed E-state index contributed by atoms with van der Waals surface area (Å²) >= 11 is 0. The van der Waals surface area contributed by atoms with Crippen LogP contribution in [0, 0.1) is 11.3 Å². The predicted molar refractivity (Wildman–Crippen MR) is 87.5 cm³/mol. The number of benzene rings is 1. The molecule has 0 saturated carbocycles. The van der Waals surface area contributed by atoms with Crippen LogP contribution in [0.1, 0.15) is 19.4 Å². The highest BCUT2D eigenvalue weighted by Crippen LogP contribution is 2.32. The van der Waals surface area contributed by atoms with Crippen LogP contribution < -0.4 is 9.47 Å². The Labute approximate surface area is 136 Å². The number of nitrogens with zero attached hydrogens (tertiary/aromatic N) is 2. The number of para-hydroxylation sites is 1. The Morgan fingerprint density at radius 1 is 1.39 bits per heavy atom. The smallest absolute Gasteiger partial charge is 0.346 e. The van der Waals surface area contributed by atoms with Crippen molar-refractivity contribution in [3.8, 4) is 17.6 Å². The van der Waals surface area contributed by atoms with E-state index >= 15 is 0 Å². The molecule has 0 heterocycles. The van der Waals surface area contributed by atoms with Gasteiger partial charge in [-0.15, -0.1) is 0 Å². The molecule has 0 fully saturated rings. The van der Waals surface area contributed by atoms with Crippen LogP contribution in [0.5, 0.6) is 11.5 Å². The molecule has 124 valence electrons. The van der Waals surface area contributed by atoms with Crippen molar-refractivity contribution in [1.29, 1.82) is 5.26 Å². The molecular weight excluding hydrogens is 296 g/mol. The minimum atomic E-state index is -1.27. The van der Waals surface area contributed by atoms with Crippen molar-refractivity contribution < 1.29 is 19.4 Å². The van der Waals surface area contributed by atoms with E-state index in [-0.39, 0.29) is 5.57 Å². The summed E-state index contributed by atoms with van der Waals surface area (Å²) in [5.74, 6) is -0.332. The molecule has 6 heteroatoms. The molecule has 0 atom stereocenters. The van der Waals surface area contributed by atoms with Crippen LogP contribution in [-0.4, -0.2) is 49.3 Å². The zero-order valence-corrected chi connectivity index (χ0v) is 13.7. The fourth-order valence-electron chi connectivity index (χ4n) is 2.08. The molecule has 1 aromatic rings. The number of rotatable bonds is 9. The van der Waals surface area contributed by atoms with Crippen molar-refractivity contribution in [2.24, 2.45) is 0 Å². The number of methoxy groups -OCH3 is 1. The standard InChI is InChI=1S/C17H22N2O4/c1-4-19(5-2)9-10-23-16-13(7-6-8-15(16)22-3)11-14(12-18)17(20)21/h6-8,11H,4-5,9-10H2,1-3H3,(H,20,21). The van der Waals surface area contributed by atoms with Gasteiger partial charge in [0.2, 0.25) is 0 Å². The molecule has 0 bridgehead atoms. The molecule has 1 N–H and O–H groups in total. The van der Waals surface area contributed by atoms with Crippen LogP contribution in [-0.2, 0) is 4.79 Å². The quantitative estimate of drug-likeness (QED) is 0.556. The first-order chi connectivity index (χ1) is 11.1. The fraction of sp³-hybridized carbons (Fsp3) is 0.412. The van der Waals surface area contributed by atoms with Gasteiger partial charge in [-0.25, -0.2) is 4.79 Å². The molecule has 0 radical (unpaired) electrons. The lowest BCUT2D eigenvalue weighted by Crippen LogP contribution is -2.28. The summed E-state index contributed by atoms with van der Waals surface area (Å²) in [4.78, 5) is 13.2. The number of hydrogen-bond acceptors (Lipinski definition) is 5. The van der Waals surface area contributed by atoms with Gasteiger partial charge in [-0.2, -0.15) is 5.26 Å². The fourth-order valence-corrected chi connectivity index (χ4v) is 2.08. The Morgan fingerprint density at radius 2 is 2.09 bits per heavy atom. The highest BCUT2D eigenvalue weighted by molar-refractivity contribution is 5.97. The van der Waals surface area contributed by atoms with Crippen LogP contribution in [0.2, 0.25) is 0 Å². The van der Waals surface area contributed by atoms with Gasteiger partial charge < -0.3 is 19.5 Å². The minimum Gasteiger partial charge on any atom is -0.493 e. The zero-order valence-electron chi connectivity index (χ0n) is 13.7. The molecule has 23 heavy (non-hydrogen) atoms. The number of likely N-dealkylation sites (N-methyl/N-ethyl adjacent to an activating group) is 1. The molecule has 0 unspecified atom stereocenters. The molecule has 1 aromatic carbocycles. The first kappa shape index (κ1) is 18.5. The average molecular weight is 318 g/mol. The summed E-state index contributed by atoms with van der Waals surface area (Å²) in [6.07, 6.45) is 1.29. The monoisotopic (exact) mass is 318 g/mol. The van der Waals surface area contributed by atoms with Gasteiger partial charge in [-0.3, -0.25) is 0 Å². The van der Waals surface area contributed by atoms with Gasteiger partial charge >= 0.3 is 5.97 Å². The number of nitriles is 1. The van der Waals surface area contributed by atoms with E-state index in [4.69, 9.17) is 19.8 Å². The minimum absolute atomic E-state index is 0.355. The van der Waals surface area contributed by atoms with E-state index in [1.54, 1.807) is 24.3 Å². The summed E-state index contributed by atoms with van der Waals surface area (Å²) in [6, 6.07) is 6.81. The Hall–Kier alpha value is -2.52. The second kappa shape index (κ2) is 9.49. The number of carboxylic acids is 1. The van der Waals surface area contributed by atoms with Gasteiger partial charge in [0, 0.05) is 12.1 Å². The van der Waals surface area contributed by atoms with E-state index in [0.29, 0.717) is 23.7 Å². The maximum absolute atomic E-state index is 11.0. The van der Waals surface area contributed by atoms with E-state index in [2.05, 4.69) is 18.7 Å². The topological polar surface area (TPSA) is 82.8 Å². The number of hydrogen-bond donors (Lipinski definition) is 1. The van der Waals surface area contributed by atoms with E-state index in [1.165, 1.54) is 13.2 Å². The third-order valence-electron chi connectivity index (χ3n) is 3.43. The van der Waals surface area contributed by atoms with Gasteiger partial charge in [0.1, 0.15) is 18.2 Å². The molecule has 0 aromatic heterocycles. The zero-order chi connectivity index (χ0) is 17.2. The van der Waals surface area contributed by atoms with Crippen molar-refractivity contribution in [2.45, 2.75) is 13.8 Å². The maximum atomic E-state index is 11.0. The summed E-state index contributed by atoms with van der Waals surface area (Å²) in [5.41, 5.74) is 0.148. The second-order valence-corrected chi connectivity index (χ2v) is 4.73. The molecule has 0 amide bonds. The van der Waals surface area contributed by atoms with E-state index < -0.39 is 5.97 Å².